The first-order chi connectivity index (χ1) is 11.1. The van der Waals surface area contributed by atoms with Crippen LogP contribution < -0.4 is 9.47 Å². The van der Waals surface area contributed by atoms with Gasteiger partial charge in [0.1, 0.15) is 0 Å². The lowest BCUT2D eigenvalue weighted by molar-refractivity contribution is -0.149. The van der Waals surface area contributed by atoms with Crippen LogP contribution in [0.15, 0.2) is 18.2 Å². The summed E-state index contributed by atoms with van der Waals surface area (Å²) in [6, 6.07) is 4.69. The van der Waals surface area contributed by atoms with Crippen LogP contribution in [0.1, 0.15) is 43.5 Å². The minimum atomic E-state index is -0.706. The highest BCUT2D eigenvalue weighted by Gasteiger charge is 2.23. The molecule has 1 rings (SSSR count). The van der Waals surface area contributed by atoms with Gasteiger partial charge in [-0.3, -0.25) is 0 Å². The van der Waals surface area contributed by atoms with E-state index >= 15 is 0 Å². The summed E-state index contributed by atoms with van der Waals surface area (Å²) in [5.41, 5.74) is 0.360. The van der Waals surface area contributed by atoms with Gasteiger partial charge < -0.3 is 18.9 Å². The summed E-state index contributed by atoms with van der Waals surface area (Å²) in [5, 5.41) is 0. The van der Waals surface area contributed by atoms with Gasteiger partial charge in [-0.15, -0.1) is 0 Å². The molecule has 0 radical (unpaired) electrons. The third-order valence-electron chi connectivity index (χ3n) is 3.23. The Morgan fingerprint density at radius 1 is 1.13 bits per heavy atom. The van der Waals surface area contributed by atoms with E-state index in [0.29, 0.717) is 30.1 Å². The molecule has 0 bridgehead atoms. The van der Waals surface area contributed by atoms with Crippen molar-refractivity contribution in [3.05, 3.63) is 23.8 Å². The van der Waals surface area contributed by atoms with Gasteiger partial charge in [0.05, 0.1) is 26.4 Å². The van der Waals surface area contributed by atoms with Crippen LogP contribution in [0, 0.1) is 0 Å². The summed E-state index contributed by atoms with van der Waals surface area (Å²) < 4.78 is 20.7. The quantitative estimate of drug-likeness (QED) is 0.650. The van der Waals surface area contributed by atoms with E-state index in [0.717, 1.165) is 12.8 Å². The van der Waals surface area contributed by atoms with Gasteiger partial charge in [-0.05, 0) is 38.0 Å². The van der Waals surface area contributed by atoms with Crippen LogP contribution in [0.25, 0.3) is 0 Å². The second-order valence-electron chi connectivity index (χ2n) is 4.86. The van der Waals surface area contributed by atoms with Gasteiger partial charge >= 0.3 is 11.9 Å². The third kappa shape index (κ3) is 5.47. The number of carbonyl (C=O) groups excluding carboxylic acids is 2. The molecule has 0 saturated heterocycles. The molecular formula is C17H24O6. The molecule has 1 atom stereocenters. The first-order valence-electron chi connectivity index (χ1n) is 7.66. The molecule has 0 heterocycles. The predicted molar refractivity (Wildman–Crippen MR) is 84.9 cm³/mol. The van der Waals surface area contributed by atoms with Gasteiger partial charge in [-0.2, -0.15) is 0 Å². The van der Waals surface area contributed by atoms with Crippen molar-refractivity contribution in [3.63, 3.8) is 0 Å². The summed E-state index contributed by atoms with van der Waals surface area (Å²) in [4.78, 5) is 23.6. The van der Waals surface area contributed by atoms with E-state index in [1.807, 2.05) is 6.92 Å². The lowest BCUT2D eigenvalue weighted by Gasteiger charge is -2.18. The predicted octanol–water partition coefficient (Wildman–Crippen LogP) is 2.98. The third-order valence-corrected chi connectivity index (χ3v) is 3.23. The van der Waals surface area contributed by atoms with Crippen molar-refractivity contribution in [2.45, 2.75) is 39.2 Å². The minimum absolute atomic E-state index is 0.292. The van der Waals surface area contributed by atoms with E-state index in [4.69, 9.17) is 18.9 Å². The molecule has 0 aromatic heterocycles. The molecule has 128 valence electrons. The number of esters is 2. The number of benzene rings is 1. The average molecular weight is 324 g/mol. The lowest BCUT2D eigenvalue weighted by Crippen LogP contribution is -2.28. The second-order valence-corrected chi connectivity index (χ2v) is 4.86. The Kier molecular flexibility index (Phi) is 7.94. The molecule has 0 N–H and O–H groups in total. The zero-order valence-corrected chi connectivity index (χ0v) is 14.1. The van der Waals surface area contributed by atoms with Crippen LogP contribution in [-0.2, 0) is 14.3 Å². The maximum atomic E-state index is 11.8. The van der Waals surface area contributed by atoms with Crippen molar-refractivity contribution in [3.8, 4) is 11.5 Å². The second kappa shape index (κ2) is 9.71. The fraction of sp³-hybridized carbons (Fsp3) is 0.529. The molecule has 0 aliphatic rings. The molecule has 0 aliphatic carbocycles. The zero-order valence-electron chi connectivity index (χ0n) is 14.1. The number of rotatable bonds is 9. The monoisotopic (exact) mass is 324 g/mol. The Bertz CT molecular complexity index is 526. The van der Waals surface area contributed by atoms with Gasteiger partial charge in [-0.1, -0.05) is 13.3 Å². The fourth-order valence-corrected chi connectivity index (χ4v) is 2.01. The first kappa shape index (κ1) is 18.8. The van der Waals surface area contributed by atoms with E-state index in [1.165, 1.54) is 20.3 Å². The van der Waals surface area contributed by atoms with E-state index in [1.54, 1.807) is 19.1 Å². The van der Waals surface area contributed by atoms with E-state index in [9.17, 15) is 9.59 Å². The van der Waals surface area contributed by atoms with Crippen molar-refractivity contribution in [1.29, 1.82) is 0 Å². The highest BCUT2D eigenvalue weighted by molar-refractivity contribution is 5.90. The summed E-state index contributed by atoms with van der Waals surface area (Å²) >= 11 is 0. The number of hydrogen-bond acceptors (Lipinski definition) is 6. The number of methoxy groups -OCH3 is 2. The maximum Gasteiger partial charge on any atom is 0.347 e. The van der Waals surface area contributed by atoms with Crippen molar-refractivity contribution in [2.75, 3.05) is 20.8 Å². The Morgan fingerprint density at radius 2 is 1.87 bits per heavy atom. The van der Waals surface area contributed by atoms with Crippen molar-refractivity contribution >= 4 is 11.9 Å². The van der Waals surface area contributed by atoms with Gasteiger partial charge in [0.15, 0.2) is 17.6 Å². The molecule has 0 aliphatic heterocycles. The van der Waals surface area contributed by atoms with E-state index < -0.39 is 18.0 Å². The minimum Gasteiger partial charge on any atom is -0.493 e. The molecule has 0 fully saturated rings. The Balaban J connectivity index is 2.96. The Labute approximate surface area is 136 Å². The van der Waals surface area contributed by atoms with E-state index in [-0.39, 0.29) is 0 Å². The van der Waals surface area contributed by atoms with Crippen molar-refractivity contribution in [1.82, 2.24) is 0 Å². The Morgan fingerprint density at radius 3 is 2.43 bits per heavy atom. The lowest BCUT2D eigenvalue weighted by atomic mass is 10.1. The molecular weight excluding hydrogens is 300 g/mol. The molecule has 23 heavy (non-hydrogen) atoms. The Hall–Kier alpha value is -2.24. The molecule has 1 aromatic carbocycles. The topological polar surface area (TPSA) is 71.1 Å². The van der Waals surface area contributed by atoms with Crippen molar-refractivity contribution < 1.29 is 28.5 Å². The highest BCUT2D eigenvalue weighted by atomic mass is 16.6. The standard InChI is InChI=1S/C17H24O6/c1-5-7-8-14(17(19)21-4)23-13-10-9-12(11-15(13)20-3)16(18)22-6-2/h9-11,14H,5-8H2,1-4H3. The largest absolute Gasteiger partial charge is 0.493 e. The number of unbranched alkanes of at least 4 members (excludes halogenated alkanes) is 1. The highest BCUT2D eigenvalue weighted by Crippen LogP contribution is 2.30. The molecule has 6 nitrogen and oxygen atoms in total. The van der Waals surface area contributed by atoms with Crippen LogP contribution in [-0.4, -0.2) is 38.9 Å². The summed E-state index contributed by atoms with van der Waals surface area (Å²) in [6.07, 6.45) is 1.62. The average Bonchev–Trinajstić information content (AvgIpc) is 2.58. The number of hydrogen-bond donors (Lipinski definition) is 0. The smallest absolute Gasteiger partial charge is 0.347 e. The molecule has 0 saturated carbocycles. The first-order valence-corrected chi connectivity index (χ1v) is 7.66. The molecule has 0 spiro atoms. The number of carbonyl (C=O) groups is 2. The van der Waals surface area contributed by atoms with Crippen LogP contribution >= 0.6 is 0 Å². The molecule has 1 unspecified atom stereocenters. The van der Waals surface area contributed by atoms with Gasteiger partial charge in [0.2, 0.25) is 0 Å². The van der Waals surface area contributed by atoms with Crippen LogP contribution in [0.2, 0.25) is 0 Å². The summed E-state index contributed by atoms with van der Waals surface area (Å²) in [6.45, 7) is 4.06. The molecule has 1 aromatic rings. The van der Waals surface area contributed by atoms with Crippen LogP contribution in [0.5, 0.6) is 11.5 Å². The fourth-order valence-electron chi connectivity index (χ4n) is 2.01. The van der Waals surface area contributed by atoms with Gasteiger partial charge in [0, 0.05) is 0 Å². The van der Waals surface area contributed by atoms with Gasteiger partial charge in [0.25, 0.3) is 0 Å². The molecule has 6 heteroatoms. The maximum absolute atomic E-state index is 11.8. The summed E-state index contributed by atoms with van der Waals surface area (Å²) in [7, 11) is 2.79. The SMILES string of the molecule is CCCCC(Oc1ccc(C(=O)OCC)cc1OC)C(=O)OC. The summed E-state index contributed by atoms with van der Waals surface area (Å²) in [5.74, 6) is -0.129. The zero-order chi connectivity index (χ0) is 17.2. The van der Waals surface area contributed by atoms with Crippen molar-refractivity contribution in [2.24, 2.45) is 0 Å². The van der Waals surface area contributed by atoms with Crippen LogP contribution in [0.4, 0.5) is 0 Å². The normalized spacial score (nSPS) is 11.5. The molecule has 0 amide bonds. The van der Waals surface area contributed by atoms with Gasteiger partial charge in [-0.25, -0.2) is 9.59 Å². The van der Waals surface area contributed by atoms with E-state index in [2.05, 4.69) is 0 Å². The number of ether oxygens (including phenoxy) is 4. The van der Waals surface area contributed by atoms with Crippen LogP contribution in [0.3, 0.4) is 0 Å².